The van der Waals surface area contributed by atoms with Gasteiger partial charge in [-0.15, -0.1) is 0 Å². The van der Waals surface area contributed by atoms with Crippen molar-refractivity contribution in [2.45, 2.75) is 12.8 Å². The summed E-state index contributed by atoms with van der Waals surface area (Å²) in [5, 5.41) is 30.8. The molecule has 0 saturated heterocycles. The van der Waals surface area contributed by atoms with Gasteiger partial charge in [0.2, 0.25) is 0 Å². The van der Waals surface area contributed by atoms with Crippen molar-refractivity contribution in [2.24, 2.45) is 0 Å². The number of rotatable bonds is 9. The van der Waals surface area contributed by atoms with Crippen LogP contribution in [0.2, 0.25) is 0 Å². The Morgan fingerprint density at radius 3 is 2.12 bits per heavy atom. The zero-order chi connectivity index (χ0) is 18.2. The van der Waals surface area contributed by atoms with E-state index in [4.69, 9.17) is 14.6 Å². The minimum Gasteiger partial charge on any atom is -0.508 e. The highest BCUT2D eigenvalue weighted by atomic mass is 16.6. The fourth-order valence-corrected chi connectivity index (χ4v) is 2.00. The van der Waals surface area contributed by atoms with Crippen LogP contribution >= 0.6 is 0 Å². The van der Waals surface area contributed by atoms with Gasteiger partial charge in [0.1, 0.15) is 11.5 Å². The monoisotopic (exact) mass is 348 g/mol. The van der Waals surface area contributed by atoms with Crippen molar-refractivity contribution < 1.29 is 24.4 Å². The van der Waals surface area contributed by atoms with Gasteiger partial charge in [-0.25, -0.2) is 0 Å². The third kappa shape index (κ3) is 5.34. The van der Waals surface area contributed by atoms with E-state index < -0.39 is 15.5 Å². The van der Waals surface area contributed by atoms with E-state index in [2.05, 4.69) is 0 Å². The highest BCUT2D eigenvalue weighted by molar-refractivity contribution is 5.53. The fourth-order valence-electron chi connectivity index (χ4n) is 2.00. The van der Waals surface area contributed by atoms with Gasteiger partial charge in [0.05, 0.1) is 29.1 Å². The number of unbranched alkanes of at least 4 members (excludes halogenated alkanes) is 1. The maximum Gasteiger partial charge on any atom is 0.317 e. The van der Waals surface area contributed by atoms with E-state index in [0.717, 1.165) is 12.1 Å². The van der Waals surface area contributed by atoms with E-state index in [-0.39, 0.29) is 23.8 Å². The molecule has 0 saturated carbocycles. The first-order valence-electron chi connectivity index (χ1n) is 7.45. The lowest BCUT2D eigenvalue weighted by Crippen LogP contribution is -2.04. The summed E-state index contributed by atoms with van der Waals surface area (Å²) in [7, 11) is 0. The molecule has 1 N–H and O–H groups in total. The number of benzene rings is 2. The molecule has 0 bridgehead atoms. The number of hydrogen-bond donors (Lipinski definition) is 1. The summed E-state index contributed by atoms with van der Waals surface area (Å²) in [6.45, 7) is 0.647. The molecule has 0 fully saturated rings. The minimum absolute atomic E-state index is 0.00458. The Morgan fingerprint density at radius 2 is 1.52 bits per heavy atom. The minimum atomic E-state index is -0.712. The van der Waals surface area contributed by atoms with Crippen molar-refractivity contribution in [3.8, 4) is 17.2 Å². The number of nitro benzene ring substituents is 2. The van der Waals surface area contributed by atoms with Gasteiger partial charge < -0.3 is 14.6 Å². The van der Waals surface area contributed by atoms with Crippen molar-refractivity contribution in [1.82, 2.24) is 0 Å². The van der Waals surface area contributed by atoms with Crippen LogP contribution in [0, 0.1) is 20.2 Å². The van der Waals surface area contributed by atoms with E-state index in [9.17, 15) is 20.2 Å². The number of ether oxygens (including phenoxy) is 2. The maximum atomic E-state index is 11.0. The molecule has 9 nitrogen and oxygen atoms in total. The summed E-state index contributed by atoms with van der Waals surface area (Å²) in [6, 6.07) is 9.60. The summed E-state index contributed by atoms with van der Waals surface area (Å²) in [5.41, 5.74) is -0.795. The Bertz CT molecular complexity index is 747. The zero-order valence-corrected chi connectivity index (χ0v) is 13.2. The topological polar surface area (TPSA) is 125 Å². The molecule has 132 valence electrons. The Kier molecular flexibility index (Phi) is 6.10. The fraction of sp³-hybridized carbons (Fsp3) is 0.250. The van der Waals surface area contributed by atoms with Crippen LogP contribution in [-0.4, -0.2) is 28.2 Å². The largest absolute Gasteiger partial charge is 0.508 e. The molecular weight excluding hydrogens is 332 g/mol. The number of non-ortho nitro benzene ring substituents is 1. The highest BCUT2D eigenvalue weighted by Gasteiger charge is 2.20. The summed E-state index contributed by atoms with van der Waals surface area (Å²) in [5.74, 6) is 0.783. The van der Waals surface area contributed by atoms with Gasteiger partial charge in [0.15, 0.2) is 5.75 Å². The van der Waals surface area contributed by atoms with Crippen molar-refractivity contribution in [2.75, 3.05) is 13.2 Å². The van der Waals surface area contributed by atoms with Gasteiger partial charge in [-0.3, -0.25) is 20.2 Å². The molecule has 0 aliphatic heterocycles. The molecule has 0 aliphatic carbocycles. The van der Waals surface area contributed by atoms with Crippen LogP contribution in [0.1, 0.15) is 12.8 Å². The molecule has 2 aromatic carbocycles. The third-order valence-corrected chi connectivity index (χ3v) is 3.25. The lowest BCUT2D eigenvalue weighted by atomic mass is 10.2. The van der Waals surface area contributed by atoms with Crippen LogP contribution in [0.15, 0.2) is 42.5 Å². The quantitative estimate of drug-likeness (QED) is 0.418. The van der Waals surface area contributed by atoms with Crippen LogP contribution in [0.4, 0.5) is 11.4 Å². The first-order chi connectivity index (χ1) is 12.0. The molecule has 0 radical (unpaired) electrons. The van der Waals surface area contributed by atoms with Crippen LogP contribution in [-0.2, 0) is 0 Å². The molecule has 2 aromatic rings. The number of nitrogens with zero attached hydrogens (tertiary/aromatic N) is 2. The Hall–Kier alpha value is -3.36. The summed E-state index contributed by atoms with van der Waals surface area (Å²) < 4.78 is 10.8. The Labute approximate surface area is 142 Å². The van der Waals surface area contributed by atoms with Gasteiger partial charge in [-0.2, -0.15) is 0 Å². The predicted molar refractivity (Wildman–Crippen MR) is 88.1 cm³/mol. The molecule has 2 rings (SSSR count). The first kappa shape index (κ1) is 18.0. The van der Waals surface area contributed by atoms with Crippen molar-refractivity contribution in [3.05, 3.63) is 62.7 Å². The Balaban J connectivity index is 1.78. The second-order valence-electron chi connectivity index (χ2n) is 5.06. The van der Waals surface area contributed by atoms with Crippen molar-refractivity contribution in [1.29, 1.82) is 0 Å². The molecule has 0 amide bonds. The molecule has 0 spiro atoms. The summed E-state index contributed by atoms with van der Waals surface area (Å²) in [6.07, 6.45) is 1.24. The second-order valence-corrected chi connectivity index (χ2v) is 5.06. The van der Waals surface area contributed by atoms with Gasteiger partial charge in [0.25, 0.3) is 5.69 Å². The zero-order valence-electron chi connectivity index (χ0n) is 13.2. The predicted octanol–water partition coefficient (Wildman–Crippen LogP) is 3.45. The number of phenols is 1. The maximum absolute atomic E-state index is 11.0. The van der Waals surface area contributed by atoms with E-state index in [0.29, 0.717) is 25.2 Å². The Morgan fingerprint density at radius 1 is 0.880 bits per heavy atom. The summed E-state index contributed by atoms with van der Waals surface area (Å²) in [4.78, 5) is 20.2. The standard InChI is InChI=1S/C16H16N2O7/c19-13-4-6-14(7-5-13)24-9-1-2-10-25-16-8-3-12(17(20)21)11-15(16)18(22)23/h3-8,11,19H,1-2,9-10H2. The lowest BCUT2D eigenvalue weighted by Gasteiger charge is -2.08. The van der Waals surface area contributed by atoms with Gasteiger partial charge in [-0.05, 0) is 43.2 Å². The van der Waals surface area contributed by atoms with Crippen LogP contribution in [0.5, 0.6) is 17.2 Å². The number of nitro groups is 2. The van der Waals surface area contributed by atoms with Gasteiger partial charge in [0, 0.05) is 6.07 Å². The van der Waals surface area contributed by atoms with E-state index in [1.165, 1.54) is 18.2 Å². The number of hydrogen-bond acceptors (Lipinski definition) is 7. The van der Waals surface area contributed by atoms with Crippen LogP contribution in [0.25, 0.3) is 0 Å². The molecule has 0 aromatic heterocycles. The van der Waals surface area contributed by atoms with E-state index in [1.807, 2.05) is 0 Å². The van der Waals surface area contributed by atoms with Crippen LogP contribution < -0.4 is 9.47 Å². The first-order valence-corrected chi connectivity index (χ1v) is 7.45. The number of phenolic OH excluding ortho intramolecular Hbond substituents is 1. The average molecular weight is 348 g/mol. The highest BCUT2D eigenvalue weighted by Crippen LogP contribution is 2.31. The molecule has 25 heavy (non-hydrogen) atoms. The SMILES string of the molecule is O=[N+]([O-])c1ccc(OCCCCOc2ccc(O)cc2)c([N+](=O)[O-])c1. The number of aromatic hydroxyl groups is 1. The molecule has 0 aliphatic rings. The summed E-state index contributed by atoms with van der Waals surface area (Å²) >= 11 is 0. The van der Waals surface area contributed by atoms with Gasteiger partial charge >= 0.3 is 5.69 Å². The smallest absolute Gasteiger partial charge is 0.317 e. The van der Waals surface area contributed by atoms with E-state index >= 15 is 0 Å². The van der Waals surface area contributed by atoms with Crippen molar-refractivity contribution >= 4 is 11.4 Å². The lowest BCUT2D eigenvalue weighted by molar-refractivity contribution is -0.394. The average Bonchev–Trinajstić information content (AvgIpc) is 2.59. The molecule has 0 heterocycles. The van der Waals surface area contributed by atoms with E-state index in [1.54, 1.807) is 12.1 Å². The van der Waals surface area contributed by atoms with Gasteiger partial charge in [-0.1, -0.05) is 0 Å². The molecule has 0 unspecified atom stereocenters. The second kappa shape index (κ2) is 8.48. The molecule has 0 atom stereocenters. The van der Waals surface area contributed by atoms with Crippen LogP contribution in [0.3, 0.4) is 0 Å². The normalized spacial score (nSPS) is 10.2. The molecular formula is C16H16N2O7. The van der Waals surface area contributed by atoms with Crippen molar-refractivity contribution in [3.63, 3.8) is 0 Å². The third-order valence-electron chi connectivity index (χ3n) is 3.25. The molecule has 9 heteroatoms.